The first kappa shape index (κ1) is 9.49. The molecule has 1 aromatic rings. The molecule has 0 aliphatic carbocycles. The largest absolute Gasteiger partial charge is 0.508 e. The first-order valence-electron chi connectivity index (χ1n) is 4.80. The quantitative estimate of drug-likeness (QED) is 0.655. The Morgan fingerprint density at radius 2 is 2.07 bits per heavy atom. The SMILES string of the molecule is CC1c2ccc(O)cc2[C@@H](O)CN1C. The average Bonchev–Trinajstić information content (AvgIpc) is 2.14. The third-order valence-electron chi connectivity index (χ3n) is 3.00. The smallest absolute Gasteiger partial charge is 0.115 e. The molecular weight excluding hydrogens is 178 g/mol. The Bertz CT molecular complexity index is 351. The van der Waals surface area contributed by atoms with E-state index >= 15 is 0 Å². The molecule has 1 aromatic carbocycles. The molecule has 0 spiro atoms. The number of phenols is 1. The van der Waals surface area contributed by atoms with E-state index in [-0.39, 0.29) is 5.75 Å². The Balaban J connectivity index is 2.50. The minimum Gasteiger partial charge on any atom is -0.508 e. The van der Waals surface area contributed by atoms with Crippen molar-refractivity contribution in [3.05, 3.63) is 29.3 Å². The van der Waals surface area contributed by atoms with Gasteiger partial charge in [-0.05, 0) is 37.2 Å². The van der Waals surface area contributed by atoms with Crippen LogP contribution in [0.5, 0.6) is 5.75 Å². The molecule has 2 N–H and O–H groups in total. The van der Waals surface area contributed by atoms with E-state index in [9.17, 15) is 10.2 Å². The summed E-state index contributed by atoms with van der Waals surface area (Å²) in [7, 11) is 1.99. The molecule has 0 fully saturated rings. The number of hydrogen-bond donors (Lipinski definition) is 2. The van der Waals surface area contributed by atoms with Gasteiger partial charge in [0.25, 0.3) is 0 Å². The van der Waals surface area contributed by atoms with Gasteiger partial charge in [-0.3, -0.25) is 4.90 Å². The number of fused-ring (bicyclic) bond motifs is 1. The van der Waals surface area contributed by atoms with Gasteiger partial charge in [0.2, 0.25) is 0 Å². The van der Waals surface area contributed by atoms with Gasteiger partial charge in [0.05, 0.1) is 6.10 Å². The van der Waals surface area contributed by atoms with Crippen molar-refractivity contribution in [3.8, 4) is 5.75 Å². The Kier molecular flexibility index (Phi) is 2.21. The van der Waals surface area contributed by atoms with Crippen LogP contribution in [0.1, 0.15) is 30.2 Å². The van der Waals surface area contributed by atoms with Gasteiger partial charge in [-0.1, -0.05) is 6.07 Å². The number of β-amino-alcohol motifs (C(OH)–C–C–N with tert-alkyl or cyclic N) is 1. The Morgan fingerprint density at radius 1 is 1.36 bits per heavy atom. The van der Waals surface area contributed by atoms with Crippen LogP contribution in [0.15, 0.2) is 18.2 Å². The Labute approximate surface area is 83.6 Å². The van der Waals surface area contributed by atoms with Crippen LogP contribution in [0.25, 0.3) is 0 Å². The van der Waals surface area contributed by atoms with Gasteiger partial charge in [0.1, 0.15) is 5.75 Å². The van der Waals surface area contributed by atoms with Crippen LogP contribution in [-0.2, 0) is 0 Å². The standard InChI is InChI=1S/C11H15NO2/c1-7-9-4-3-8(13)5-10(9)11(14)6-12(7)2/h3-5,7,11,13-14H,6H2,1-2H3/t7?,11-/m0/s1. The fraction of sp³-hybridized carbons (Fsp3) is 0.455. The maximum Gasteiger partial charge on any atom is 0.115 e. The van der Waals surface area contributed by atoms with Gasteiger partial charge >= 0.3 is 0 Å². The van der Waals surface area contributed by atoms with Crippen LogP contribution in [-0.4, -0.2) is 28.7 Å². The van der Waals surface area contributed by atoms with E-state index in [0.29, 0.717) is 12.6 Å². The van der Waals surface area contributed by atoms with Gasteiger partial charge in [-0.15, -0.1) is 0 Å². The van der Waals surface area contributed by atoms with E-state index in [1.54, 1.807) is 12.1 Å². The summed E-state index contributed by atoms with van der Waals surface area (Å²) in [6.07, 6.45) is -0.488. The lowest BCUT2D eigenvalue weighted by atomic mass is 9.92. The van der Waals surface area contributed by atoms with Crippen LogP contribution in [0.2, 0.25) is 0 Å². The zero-order chi connectivity index (χ0) is 10.3. The van der Waals surface area contributed by atoms with Crippen molar-refractivity contribution in [1.82, 2.24) is 4.90 Å². The maximum absolute atomic E-state index is 9.82. The first-order chi connectivity index (χ1) is 6.59. The lowest BCUT2D eigenvalue weighted by Gasteiger charge is -2.35. The van der Waals surface area contributed by atoms with Crippen LogP contribution < -0.4 is 0 Å². The van der Waals surface area contributed by atoms with Crippen molar-refractivity contribution >= 4 is 0 Å². The monoisotopic (exact) mass is 193 g/mol. The summed E-state index contributed by atoms with van der Waals surface area (Å²) in [5.74, 6) is 0.222. The molecule has 1 heterocycles. The van der Waals surface area contributed by atoms with Gasteiger partial charge in [-0.25, -0.2) is 0 Å². The molecular formula is C11H15NO2. The third-order valence-corrected chi connectivity index (χ3v) is 3.00. The number of aliphatic hydroxyl groups is 1. The average molecular weight is 193 g/mol. The Morgan fingerprint density at radius 3 is 2.79 bits per heavy atom. The molecule has 0 radical (unpaired) electrons. The number of likely N-dealkylation sites (N-methyl/N-ethyl adjacent to an activating group) is 1. The zero-order valence-electron chi connectivity index (χ0n) is 8.44. The number of phenolic OH excluding ortho intramolecular Hbond substituents is 1. The van der Waals surface area contributed by atoms with Gasteiger partial charge in [0.15, 0.2) is 0 Å². The zero-order valence-corrected chi connectivity index (χ0v) is 8.44. The molecule has 0 saturated carbocycles. The van der Waals surface area contributed by atoms with E-state index in [2.05, 4.69) is 11.8 Å². The van der Waals surface area contributed by atoms with Crippen molar-refractivity contribution in [2.45, 2.75) is 19.1 Å². The first-order valence-corrected chi connectivity index (χ1v) is 4.80. The van der Waals surface area contributed by atoms with Crippen molar-refractivity contribution in [2.24, 2.45) is 0 Å². The summed E-state index contributed by atoms with van der Waals surface area (Å²) in [6, 6.07) is 5.51. The lowest BCUT2D eigenvalue weighted by Crippen LogP contribution is -2.33. The number of rotatable bonds is 0. The van der Waals surface area contributed by atoms with E-state index in [1.807, 2.05) is 13.1 Å². The van der Waals surface area contributed by atoms with E-state index < -0.39 is 6.10 Å². The molecule has 14 heavy (non-hydrogen) atoms. The Hall–Kier alpha value is -1.06. The summed E-state index contributed by atoms with van der Waals surface area (Å²) in [6.45, 7) is 2.72. The molecule has 0 aromatic heterocycles. The van der Waals surface area contributed by atoms with E-state index in [0.717, 1.165) is 11.1 Å². The minimum absolute atomic E-state index is 0.222. The summed E-state index contributed by atoms with van der Waals surface area (Å²) < 4.78 is 0. The second-order valence-corrected chi connectivity index (χ2v) is 3.94. The molecule has 2 rings (SSSR count). The summed E-state index contributed by atoms with van der Waals surface area (Å²) in [5, 5.41) is 19.2. The normalized spacial score (nSPS) is 27.4. The van der Waals surface area contributed by atoms with E-state index in [1.165, 1.54) is 0 Å². The number of aromatic hydroxyl groups is 1. The second kappa shape index (κ2) is 3.26. The predicted octanol–water partition coefficient (Wildman–Crippen LogP) is 1.43. The summed E-state index contributed by atoms with van der Waals surface area (Å²) >= 11 is 0. The van der Waals surface area contributed by atoms with Crippen LogP contribution in [0.4, 0.5) is 0 Å². The van der Waals surface area contributed by atoms with Gasteiger partial charge in [-0.2, -0.15) is 0 Å². The molecule has 1 aliphatic heterocycles. The third kappa shape index (κ3) is 1.38. The topological polar surface area (TPSA) is 43.7 Å². The fourth-order valence-corrected chi connectivity index (χ4v) is 2.00. The molecule has 0 saturated heterocycles. The van der Waals surface area contributed by atoms with Crippen molar-refractivity contribution in [1.29, 1.82) is 0 Å². The van der Waals surface area contributed by atoms with Crippen LogP contribution in [0, 0.1) is 0 Å². The highest BCUT2D eigenvalue weighted by Crippen LogP contribution is 2.35. The molecule has 3 nitrogen and oxygen atoms in total. The molecule has 0 bridgehead atoms. The maximum atomic E-state index is 9.82. The second-order valence-electron chi connectivity index (χ2n) is 3.94. The van der Waals surface area contributed by atoms with Crippen molar-refractivity contribution < 1.29 is 10.2 Å². The number of hydrogen-bond acceptors (Lipinski definition) is 3. The molecule has 76 valence electrons. The summed E-state index contributed by atoms with van der Waals surface area (Å²) in [5.41, 5.74) is 1.96. The fourth-order valence-electron chi connectivity index (χ4n) is 2.00. The van der Waals surface area contributed by atoms with Crippen molar-refractivity contribution in [3.63, 3.8) is 0 Å². The van der Waals surface area contributed by atoms with Crippen LogP contribution >= 0.6 is 0 Å². The lowest BCUT2D eigenvalue weighted by molar-refractivity contribution is 0.0888. The minimum atomic E-state index is -0.488. The number of nitrogens with zero attached hydrogens (tertiary/aromatic N) is 1. The summed E-state index contributed by atoms with van der Waals surface area (Å²) in [4.78, 5) is 2.10. The molecule has 1 unspecified atom stereocenters. The number of aliphatic hydroxyl groups excluding tert-OH is 1. The molecule has 0 amide bonds. The highest BCUT2D eigenvalue weighted by atomic mass is 16.3. The van der Waals surface area contributed by atoms with E-state index in [4.69, 9.17) is 0 Å². The molecule has 2 atom stereocenters. The van der Waals surface area contributed by atoms with Crippen LogP contribution in [0.3, 0.4) is 0 Å². The van der Waals surface area contributed by atoms with Crippen molar-refractivity contribution in [2.75, 3.05) is 13.6 Å². The van der Waals surface area contributed by atoms with Gasteiger partial charge in [0, 0.05) is 12.6 Å². The number of benzene rings is 1. The molecule has 3 heteroatoms. The van der Waals surface area contributed by atoms with Gasteiger partial charge < -0.3 is 10.2 Å². The highest BCUT2D eigenvalue weighted by Gasteiger charge is 2.26. The highest BCUT2D eigenvalue weighted by molar-refractivity contribution is 5.39. The predicted molar refractivity (Wildman–Crippen MR) is 54.1 cm³/mol. The molecule has 1 aliphatic rings.